The van der Waals surface area contributed by atoms with E-state index in [1.54, 1.807) is 0 Å². The maximum Gasteiger partial charge on any atom is 0.231 e. The van der Waals surface area contributed by atoms with Crippen molar-refractivity contribution in [2.45, 2.75) is 51.7 Å². The molecule has 2 atom stereocenters. The molecule has 3 rings (SSSR count). The molecule has 0 amide bonds. The van der Waals surface area contributed by atoms with Gasteiger partial charge in [-0.25, -0.2) is 0 Å². The fourth-order valence-electron chi connectivity index (χ4n) is 3.34. The smallest absolute Gasteiger partial charge is 0.231 e. The van der Waals surface area contributed by atoms with Crippen molar-refractivity contribution in [3.8, 4) is 11.5 Å². The summed E-state index contributed by atoms with van der Waals surface area (Å²) in [5.74, 6) is 2.28. The molecule has 132 valence electrons. The maximum absolute atomic E-state index is 6.17. The highest BCUT2D eigenvalue weighted by atomic mass is 16.7. The summed E-state index contributed by atoms with van der Waals surface area (Å²) in [5.41, 5.74) is 1.01. The molecule has 4 heteroatoms. The van der Waals surface area contributed by atoms with Crippen LogP contribution in [-0.4, -0.2) is 31.7 Å². The molecule has 0 aromatic heterocycles. The molecule has 2 aliphatic rings. The van der Waals surface area contributed by atoms with Gasteiger partial charge in [0.25, 0.3) is 0 Å². The van der Waals surface area contributed by atoms with Crippen LogP contribution in [0.4, 0.5) is 0 Å². The van der Waals surface area contributed by atoms with E-state index in [4.69, 9.17) is 18.9 Å². The first kappa shape index (κ1) is 17.3. The summed E-state index contributed by atoms with van der Waals surface area (Å²) in [6.07, 6.45) is 7.49. The normalized spacial score (nSPS) is 26.4. The van der Waals surface area contributed by atoms with Crippen molar-refractivity contribution in [2.75, 3.05) is 20.0 Å². The van der Waals surface area contributed by atoms with E-state index in [2.05, 4.69) is 32.9 Å². The summed E-state index contributed by atoms with van der Waals surface area (Å²) in [7, 11) is 0. The molecule has 1 aromatic rings. The van der Waals surface area contributed by atoms with Crippen molar-refractivity contribution in [2.24, 2.45) is 5.92 Å². The lowest BCUT2D eigenvalue weighted by Crippen LogP contribution is -2.41. The lowest BCUT2D eigenvalue weighted by Gasteiger charge is -2.38. The summed E-state index contributed by atoms with van der Waals surface area (Å²) >= 11 is 0. The standard InChI is InChI=1S/C20H28O4/c1-15(2)11-17-13-20(3,8-10-21-17)24-9-4-5-16-6-7-18-19(12-16)23-14-22-18/h4-7,12,15,17H,8-11,13-14H2,1-3H3/b5-4+. The lowest BCUT2D eigenvalue weighted by atomic mass is 9.88. The molecular weight excluding hydrogens is 304 g/mol. The number of rotatable bonds is 6. The molecule has 0 N–H and O–H groups in total. The molecule has 0 radical (unpaired) electrons. The average molecular weight is 332 g/mol. The van der Waals surface area contributed by atoms with Crippen molar-refractivity contribution >= 4 is 6.08 Å². The van der Waals surface area contributed by atoms with Crippen molar-refractivity contribution in [1.29, 1.82) is 0 Å². The molecule has 0 bridgehead atoms. The van der Waals surface area contributed by atoms with Crippen LogP contribution in [0, 0.1) is 5.92 Å². The molecule has 1 aromatic carbocycles. The Kier molecular flexibility index (Phi) is 5.47. The first-order chi connectivity index (χ1) is 11.5. The van der Waals surface area contributed by atoms with E-state index >= 15 is 0 Å². The quantitative estimate of drug-likeness (QED) is 0.772. The Morgan fingerprint density at radius 1 is 1.29 bits per heavy atom. The van der Waals surface area contributed by atoms with Gasteiger partial charge < -0.3 is 18.9 Å². The van der Waals surface area contributed by atoms with Gasteiger partial charge in [-0.15, -0.1) is 0 Å². The molecule has 24 heavy (non-hydrogen) atoms. The monoisotopic (exact) mass is 332 g/mol. The van der Waals surface area contributed by atoms with Crippen molar-refractivity contribution in [3.63, 3.8) is 0 Å². The second-order valence-electron chi connectivity index (χ2n) is 7.35. The Morgan fingerprint density at radius 2 is 2.12 bits per heavy atom. The van der Waals surface area contributed by atoms with Crippen LogP contribution < -0.4 is 9.47 Å². The van der Waals surface area contributed by atoms with Gasteiger partial charge in [-0.1, -0.05) is 32.1 Å². The summed E-state index contributed by atoms with van der Waals surface area (Å²) < 4.78 is 22.8. The van der Waals surface area contributed by atoms with Crippen molar-refractivity contribution in [1.82, 2.24) is 0 Å². The van der Waals surface area contributed by atoms with Gasteiger partial charge in [0.15, 0.2) is 11.5 Å². The van der Waals surface area contributed by atoms with E-state index in [1.165, 1.54) is 0 Å². The molecule has 2 heterocycles. The van der Waals surface area contributed by atoms with E-state index in [0.717, 1.165) is 42.9 Å². The maximum atomic E-state index is 6.17. The highest BCUT2D eigenvalue weighted by molar-refractivity contribution is 5.56. The first-order valence-corrected chi connectivity index (χ1v) is 8.86. The molecule has 2 aliphatic heterocycles. The highest BCUT2D eigenvalue weighted by Crippen LogP contribution is 2.33. The second-order valence-corrected chi connectivity index (χ2v) is 7.35. The van der Waals surface area contributed by atoms with Gasteiger partial charge in [-0.2, -0.15) is 0 Å². The van der Waals surface area contributed by atoms with Crippen LogP contribution in [0.3, 0.4) is 0 Å². The zero-order chi connectivity index (χ0) is 17.0. The third-order valence-electron chi connectivity index (χ3n) is 4.61. The molecule has 0 aliphatic carbocycles. The third-order valence-corrected chi connectivity index (χ3v) is 4.61. The van der Waals surface area contributed by atoms with Crippen LogP contribution in [0.1, 0.15) is 45.6 Å². The molecule has 4 nitrogen and oxygen atoms in total. The Labute approximate surface area is 144 Å². The predicted octanol–water partition coefficient (Wildman–Crippen LogP) is 4.43. The largest absolute Gasteiger partial charge is 0.454 e. The van der Waals surface area contributed by atoms with E-state index in [9.17, 15) is 0 Å². The van der Waals surface area contributed by atoms with E-state index in [1.807, 2.05) is 18.2 Å². The number of ether oxygens (including phenoxy) is 4. The zero-order valence-corrected chi connectivity index (χ0v) is 14.9. The van der Waals surface area contributed by atoms with Crippen LogP contribution in [-0.2, 0) is 9.47 Å². The lowest BCUT2D eigenvalue weighted by molar-refractivity contribution is -0.126. The molecular formula is C20H28O4. The van der Waals surface area contributed by atoms with Gasteiger partial charge >= 0.3 is 0 Å². The molecule has 0 saturated carbocycles. The van der Waals surface area contributed by atoms with Gasteiger partial charge in [-0.3, -0.25) is 0 Å². The molecule has 1 saturated heterocycles. The van der Waals surface area contributed by atoms with Crippen molar-refractivity contribution < 1.29 is 18.9 Å². The number of hydrogen-bond donors (Lipinski definition) is 0. The fraction of sp³-hybridized carbons (Fsp3) is 0.600. The van der Waals surface area contributed by atoms with Crippen LogP contribution in [0.2, 0.25) is 0 Å². The molecule has 2 unspecified atom stereocenters. The van der Waals surface area contributed by atoms with Gasteiger partial charge in [0, 0.05) is 13.0 Å². The Morgan fingerprint density at radius 3 is 2.96 bits per heavy atom. The van der Waals surface area contributed by atoms with Crippen LogP contribution in [0.25, 0.3) is 6.08 Å². The summed E-state index contributed by atoms with van der Waals surface area (Å²) in [5, 5.41) is 0. The number of hydrogen-bond acceptors (Lipinski definition) is 4. The van der Waals surface area contributed by atoms with Crippen molar-refractivity contribution in [3.05, 3.63) is 29.8 Å². The van der Waals surface area contributed by atoms with Gasteiger partial charge in [-0.05, 0) is 43.4 Å². The third kappa shape index (κ3) is 4.52. The SMILES string of the molecule is CC(C)CC1CC(C)(OC/C=C/c2ccc3c(c2)OCO3)CCO1. The predicted molar refractivity (Wildman–Crippen MR) is 94.4 cm³/mol. The van der Waals surface area contributed by atoms with Crippen LogP contribution in [0.5, 0.6) is 11.5 Å². The zero-order valence-electron chi connectivity index (χ0n) is 14.9. The minimum atomic E-state index is -0.0863. The van der Waals surface area contributed by atoms with E-state index in [-0.39, 0.29) is 5.60 Å². The fourth-order valence-corrected chi connectivity index (χ4v) is 3.34. The average Bonchev–Trinajstić information content (AvgIpc) is 2.98. The highest BCUT2D eigenvalue weighted by Gasteiger charge is 2.33. The Balaban J connectivity index is 1.50. The van der Waals surface area contributed by atoms with Gasteiger partial charge in [0.2, 0.25) is 6.79 Å². The van der Waals surface area contributed by atoms with Gasteiger partial charge in [0.05, 0.1) is 18.3 Å². The molecule has 1 fully saturated rings. The summed E-state index contributed by atoms with van der Waals surface area (Å²) in [6.45, 7) is 8.40. The van der Waals surface area contributed by atoms with Crippen LogP contribution >= 0.6 is 0 Å². The minimum absolute atomic E-state index is 0.0863. The van der Waals surface area contributed by atoms with Gasteiger partial charge in [0.1, 0.15) is 0 Å². The number of benzene rings is 1. The second kappa shape index (κ2) is 7.58. The Hall–Kier alpha value is -1.52. The first-order valence-electron chi connectivity index (χ1n) is 8.86. The molecule has 0 spiro atoms. The van der Waals surface area contributed by atoms with E-state index in [0.29, 0.717) is 25.4 Å². The minimum Gasteiger partial charge on any atom is -0.454 e. The summed E-state index contributed by atoms with van der Waals surface area (Å²) in [6, 6.07) is 5.96. The van der Waals surface area contributed by atoms with E-state index < -0.39 is 0 Å². The topological polar surface area (TPSA) is 36.9 Å². The summed E-state index contributed by atoms with van der Waals surface area (Å²) in [4.78, 5) is 0. The Bertz CT molecular complexity index is 581. The van der Waals surface area contributed by atoms with Crippen LogP contribution in [0.15, 0.2) is 24.3 Å². The number of fused-ring (bicyclic) bond motifs is 1.